The summed E-state index contributed by atoms with van der Waals surface area (Å²) in [4.78, 5) is 12.1. The molecule has 1 N–H and O–H groups in total. The van der Waals surface area contributed by atoms with E-state index in [2.05, 4.69) is 33.1 Å². The molecule has 5 nitrogen and oxygen atoms in total. The van der Waals surface area contributed by atoms with Crippen LogP contribution < -0.4 is 14.9 Å². The molecule has 154 valence electrons. The number of carbonyl (C=O) groups is 1. The lowest BCUT2D eigenvalue weighted by Crippen LogP contribution is -2.17. The minimum Gasteiger partial charge on any atom is -0.493 e. The van der Waals surface area contributed by atoms with Crippen molar-refractivity contribution in [2.24, 2.45) is 5.10 Å². The summed E-state index contributed by atoms with van der Waals surface area (Å²) in [5.41, 5.74) is 4.60. The minimum atomic E-state index is -0.283. The first-order chi connectivity index (χ1) is 14.5. The van der Waals surface area contributed by atoms with Crippen LogP contribution in [0, 0.1) is 3.57 Å². The molecule has 0 unspecified atom stereocenters. The van der Waals surface area contributed by atoms with Crippen molar-refractivity contribution < 1.29 is 14.3 Å². The van der Waals surface area contributed by atoms with Crippen LogP contribution in [0.3, 0.4) is 0 Å². The topological polar surface area (TPSA) is 59.9 Å². The van der Waals surface area contributed by atoms with E-state index in [1.54, 1.807) is 43.5 Å². The fraction of sp³-hybridized carbons (Fsp3) is 0.0909. The standard InChI is InChI=1S/C22H17Cl2IN2O3/c1-29-21-10-14(12-26-27-22(28)15-4-7-18(25)8-5-15)2-9-20(21)30-13-16-3-6-17(23)11-19(16)24/h2-12H,13H2,1H3,(H,27,28)/b26-12-. The summed E-state index contributed by atoms with van der Waals surface area (Å²) in [5.74, 6) is 0.811. The monoisotopic (exact) mass is 554 g/mol. The van der Waals surface area contributed by atoms with Gasteiger partial charge in [-0.1, -0.05) is 29.3 Å². The molecule has 0 fully saturated rings. The van der Waals surface area contributed by atoms with E-state index in [4.69, 9.17) is 32.7 Å². The highest BCUT2D eigenvalue weighted by atomic mass is 127. The van der Waals surface area contributed by atoms with Gasteiger partial charge in [-0.25, -0.2) is 5.43 Å². The summed E-state index contributed by atoms with van der Waals surface area (Å²) in [7, 11) is 1.55. The molecule has 0 heterocycles. The number of nitrogens with zero attached hydrogens (tertiary/aromatic N) is 1. The van der Waals surface area contributed by atoms with Gasteiger partial charge in [0.25, 0.3) is 5.91 Å². The number of hydrazone groups is 1. The molecule has 3 aromatic carbocycles. The molecule has 0 saturated carbocycles. The Morgan fingerprint density at radius 2 is 1.83 bits per heavy atom. The van der Waals surface area contributed by atoms with Gasteiger partial charge in [-0.05, 0) is 82.8 Å². The van der Waals surface area contributed by atoms with E-state index < -0.39 is 0 Å². The third-order valence-electron chi connectivity index (χ3n) is 4.07. The zero-order valence-corrected chi connectivity index (χ0v) is 19.5. The first-order valence-corrected chi connectivity index (χ1v) is 10.6. The molecule has 0 atom stereocenters. The first kappa shape index (κ1) is 22.4. The molecular weight excluding hydrogens is 538 g/mol. The number of methoxy groups -OCH3 is 1. The van der Waals surface area contributed by atoms with Crippen molar-refractivity contribution in [3.8, 4) is 11.5 Å². The van der Waals surface area contributed by atoms with E-state index in [-0.39, 0.29) is 12.5 Å². The van der Waals surface area contributed by atoms with Crippen molar-refractivity contribution >= 4 is 57.9 Å². The minimum absolute atomic E-state index is 0.270. The lowest BCUT2D eigenvalue weighted by molar-refractivity contribution is 0.0955. The third kappa shape index (κ3) is 6.10. The molecular formula is C22H17Cl2IN2O3. The lowest BCUT2D eigenvalue weighted by Gasteiger charge is -2.12. The summed E-state index contributed by atoms with van der Waals surface area (Å²) >= 11 is 14.3. The van der Waals surface area contributed by atoms with Crippen LogP contribution >= 0.6 is 45.8 Å². The average Bonchev–Trinajstić information content (AvgIpc) is 2.74. The van der Waals surface area contributed by atoms with Crippen LogP contribution in [0.4, 0.5) is 0 Å². The maximum Gasteiger partial charge on any atom is 0.271 e. The number of hydrogen-bond acceptors (Lipinski definition) is 4. The Labute approximate surface area is 198 Å². The van der Waals surface area contributed by atoms with E-state index >= 15 is 0 Å². The van der Waals surface area contributed by atoms with Gasteiger partial charge >= 0.3 is 0 Å². The van der Waals surface area contributed by atoms with Crippen molar-refractivity contribution in [3.05, 3.63) is 91.0 Å². The normalized spacial score (nSPS) is 10.8. The van der Waals surface area contributed by atoms with E-state index in [0.29, 0.717) is 27.1 Å². The molecule has 0 aliphatic rings. The Balaban J connectivity index is 1.63. The lowest BCUT2D eigenvalue weighted by atomic mass is 10.2. The molecule has 3 aromatic rings. The van der Waals surface area contributed by atoms with Crippen molar-refractivity contribution in [1.82, 2.24) is 5.43 Å². The summed E-state index contributed by atoms with van der Waals surface area (Å²) in [6, 6.07) is 17.8. The van der Waals surface area contributed by atoms with Crippen LogP contribution in [0.1, 0.15) is 21.5 Å². The molecule has 0 bridgehead atoms. The van der Waals surface area contributed by atoms with Crippen LogP contribution in [0.15, 0.2) is 65.8 Å². The van der Waals surface area contributed by atoms with E-state index in [1.807, 2.05) is 24.3 Å². The summed E-state index contributed by atoms with van der Waals surface area (Å²) in [5, 5.41) is 5.11. The number of benzene rings is 3. The van der Waals surface area contributed by atoms with Gasteiger partial charge in [0, 0.05) is 24.7 Å². The predicted octanol–water partition coefficient (Wildman–Crippen LogP) is 5.95. The Bertz CT molecular complexity index is 1070. The fourth-order valence-corrected chi connectivity index (χ4v) is 3.33. The largest absolute Gasteiger partial charge is 0.493 e. The number of rotatable bonds is 7. The second kappa shape index (κ2) is 10.7. The smallest absolute Gasteiger partial charge is 0.271 e. The number of halogens is 3. The van der Waals surface area contributed by atoms with Crippen LogP contribution in [-0.2, 0) is 6.61 Å². The zero-order valence-electron chi connectivity index (χ0n) is 15.9. The molecule has 0 aliphatic carbocycles. The van der Waals surface area contributed by atoms with Crippen LogP contribution in [0.2, 0.25) is 10.0 Å². The number of amides is 1. The average molecular weight is 555 g/mol. The van der Waals surface area contributed by atoms with Crippen LogP contribution in [-0.4, -0.2) is 19.2 Å². The predicted molar refractivity (Wildman–Crippen MR) is 128 cm³/mol. The Kier molecular flexibility index (Phi) is 7.95. The van der Waals surface area contributed by atoms with E-state index in [0.717, 1.165) is 14.7 Å². The van der Waals surface area contributed by atoms with Crippen molar-refractivity contribution in [2.75, 3.05) is 7.11 Å². The summed E-state index contributed by atoms with van der Waals surface area (Å²) in [6.45, 7) is 0.270. The maximum atomic E-state index is 12.1. The second-order valence-corrected chi connectivity index (χ2v) is 8.23. The highest BCUT2D eigenvalue weighted by molar-refractivity contribution is 14.1. The Hall–Kier alpha value is -2.29. The molecule has 8 heteroatoms. The van der Waals surface area contributed by atoms with Gasteiger partial charge in [-0.15, -0.1) is 0 Å². The van der Waals surface area contributed by atoms with E-state index in [1.165, 1.54) is 6.21 Å². The molecule has 0 saturated heterocycles. The molecule has 3 rings (SSSR count). The molecule has 0 aromatic heterocycles. The van der Waals surface area contributed by atoms with Gasteiger partial charge in [0.2, 0.25) is 0 Å². The first-order valence-electron chi connectivity index (χ1n) is 8.80. The Morgan fingerprint density at radius 3 is 2.53 bits per heavy atom. The van der Waals surface area contributed by atoms with Crippen molar-refractivity contribution in [2.45, 2.75) is 6.61 Å². The highest BCUT2D eigenvalue weighted by Gasteiger charge is 2.08. The third-order valence-corrected chi connectivity index (χ3v) is 5.38. The maximum absolute atomic E-state index is 12.1. The molecule has 30 heavy (non-hydrogen) atoms. The zero-order chi connectivity index (χ0) is 21.5. The van der Waals surface area contributed by atoms with Gasteiger partial charge in [-0.3, -0.25) is 4.79 Å². The number of hydrogen-bond donors (Lipinski definition) is 1. The molecule has 0 radical (unpaired) electrons. The summed E-state index contributed by atoms with van der Waals surface area (Å²) in [6.07, 6.45) is 1.53. The molecule has 0 aliphatic heterocycles. The number of nitrogens with one attached hydrogen (secondary N) is 1. The molecule has 1 amide bonds. The van der Waals surface area contributed by atoms with Crippen molar-refractivity contribution in [3.63, 3.8) is 0 Å². The van der Waals surface area contributed by atoms with Gasteiger partial charge in [0.1, 0.15) is 6.61 Å². The van der Waals surface area contributed by atoms with Crippen LogP contribution in [0.25, 0.3) is 0 Å². The Morgan fingerprint density at radius 1 is 1.07 bits per heavy atom. The SMILES string of the molecule is COc1cc(/C=N\NC(=O)c2ccc(I)cc2)ccc1OCc1ccc(Cl)cc1Cl. The van der Waals surface area contributed by atoms with Gasteiger partial charge in [0.05, 0.1) is 13.3 Å². The second-order valence-electron chi connectivity index (χ2n) is 6.14. The fourth-order valence-electron chi connectivity index (χ4n) is 2.51. The highest BCUT2D eigenvalue weighted by Crippen LogP contribution is 2.29. The van der Waals surface area contributed by atoms with Gasteiger partial charge < -0.3 is 9.47 Å². The van der Waals surface area contributed by atoms with Crippen LogP contribution in [0.5, 0.6) is 11.5 Å². The molecule has 0 spiro atoms. The number of ether oxygens (including phenoxy) is 2. The quantitative estimate of drug-likeness (QED) is 0.223. The van der Waals surface area contributed by atoms with Crippen molar-refractivity contribution in [1.29, 1.82) is 0 Å². The van der Waals surface area contributed by atoms with Gasteiger partial charge in [-0.2, -0.15) is 5.10 Å². The summed E-state index contributed by atoms with van der Waals surface area (Å²) < 4.78 is 12.3. The number of carbonyl (C=O) groups excluding carboxylic acids is 1. The van der Waals surface area contributed by atoms with E-state index in [9.17, 15) is 4.79 Å². The van der Waals surface area contributed by atoms with Gasteiger partial charge in [0.15, 0.2) is 11.5 Å².